The Morgan fingerprint density at radius 1 is 0.846 bits per heavy atom. The quantitative estimate of drug-likeness (QED) is 0.562. The van der Waals surface area contributed by atoms with Gasteiger partial charge in [-0.2, -0.15) is 13.5 Å². The van der Waals surface area contributed by atoms with E-state index in [9.17, 15) is 8.42 Å². The number of sulfonamides is 1. The largest absolute Gasteiger partial charge is 0.276 e. The van der Waals surface area contributed by atoms with Crippen LogP contribution in [-0.2, 0) is 10.0 Å². The molecule has 0 unspecified atom stereocenters. The zero-order chi connectivity index (χ0) is 18.1. The van der Waals surface area contributed by atoms with Gasteiger partial charge < -0.3 is 0 Å². The highest BCUT2D eigenvalue weighted by Crippen LogP contribution is 2.43. The Morgan fingerprint density at radius 2 is 1.38 bits per heavy atom. The number of hydrazone groups is 1. The Morgan fingerprint density at radius 3 is 1.96 bits per heavy atom. The highest BCUT2D eigenvalue weighted by Gasteiger charge is 2.26. The molecule has 3 aromatic rings. The standard InChI is InChI=1S/C21H18N2O2S/c1-15-10-12-16(13-11-15)26(24,25)23-22-14-21-19-8-4-2-6-17(19)18-7-3-5-9-20(18)21/h2-14,21,23H,1H3/b22-14-. The third-order valence-electron chi connectivity index (χ3n) is 4.61. The van der Waals surface area contributed by atoms with Crippen molar-refractivity contribution in [2.45, 2.75) is 17.7 Å². The van der Waals surface area contributed by atoms with Gasteiger partial charge in [-0.1, -0.05) is 66.2 Å². The van der Waals surface area contributed by atoms with Crippen LogP contribution in [0, 0.1) is 6.92 Å². The van der Waals surface area contributed by atoms with Gasteiger partial charge in [0.25, 0.3) is 10.0 Å². The molecule has 4 rings (SSSR count). The van der Waals surface area contributed by atoms with Crippen molar-refractivity contribution < 1.29 is 8.42 Å². The Labute approximate surface area is 153 Å². The molecule has 0 amide bonds. The van der Waals surface area contributed by atoms with E-state index in [1.54, 1.807) is 30.5 Å². The van der Waals surface area contributed by atoms with E-state index in [0.717, 1.165) is 16.7 Å². The first-order valence-electron chi connectivity index (χ1n) is 8.36. The van der Waals surface area contributed by atoms with Crippen LogP contribution in [-0.4, -0.2) is 14.6 Å². The third kappa shape index (κ3) is 2.91. The first-order chi connectivity index (χ1) is 12.6. The van der Waals surface area contributed by atoms with Crippen LogP contribution >= 0.6 is 0 Å². The molecule has 5 heteroatoms. The van der Waals surface area contributed by atoms with Crippen LogP contribution in [0.15, 0.2) is 82.8 Å². The minimum atomic E-state index is -3.67. The van der Waals surface area contributed by atoms with Crippen molar-refractivity contribution in [1.29, 1.82) is 0 Å². The molecule has 0 saturated carbocycles. The molecule has 0 bridgehead atoms. The lowest BCUT2D eigenvalue weighted by Gasteiger charge is -2.08. The van der Waals surface area contributed by atoms with Crippen molar-refractivity contribution in [2.24, 2.45) is 5.10 Å². The van der Waals surface area contributed by atoms with Crippen molar-refractivity contribution in [3.05, 3.63) is 89.5 Å². The minimum Gasteiger partial charge on any atom is -0.200 e. The summed E-state index contributed by atoms with van der Waals surface area (Å²) in [5.41, 5.74) is 5.60. The van der Waals surface area contributed by atoms with Crippen LogP contribution in [0.1, 0.15) is 22.6 Å². The normalized spacial score (nSPS) is 13.6. The summed E-state index contributed by atoms with van der Waals surface area (Å²) in [6, 6.07) is 23.0. The predicted molar refractivity (Wildman–Crippen MR) is 104 cm³/mol. The van der Waals surface area contributed by atoms with E-state index in [0.29, 0.717) is 0 Å². The number of nitrogens with zero attached hydrogens (tertiary/aromatic N) is 1. The van der Waals surface area contributed by atoms with Crippen LogP contribution in [0.4, 0.5) is 0 Å². The van der Waals surface area contributed by atoms with E-state index < -0.39 is 10.0 Å². The van der Waals surface area contributed by atoms with Gasteiger partial charge in [0, 0.05) is 12.1 Å². The van der Waals surface area contributed by atoms with Gasteiger partial charge in [-0.05, 0) is 41.3 Å². The van der Waals surface area contributed by atoms with Gasteiger partial charge in [0.05, 0.1) is 4.90 Å². The van der Waals surface area contributed by atoms with Crippen molar-refractivity contribution >= 4 is 16.2 Å². The maximum atomic E-state index is 12.4. The molecular weight excluding hydrogens is 344 g/mol. The summed E-state index contributed by atoms with van der Waals surface area (Å²) in [4.78, 5) is 2.53. The molecule has 0 fully saturated rings. The third-order valence-corrected chi connectivity index (χ3v) is 5.85. The lowest BCUT2D eigenvalue weighted by molar-refractivity contribution is 0.584. The monoisotopic (exact) mass is 362 g/mol. The van der Waals surface area contributed by atoms with Crippen molar-refractivity contribution in [3.63, 3.8) is 0 Å². The zero-order valence-electron chi connectivity index (χ0n) is 14.3. The molecule has 0 heterocycles. The molecule has 0 saturated heterocycles. The Bertz CT molecular complexity index is 1040. The second-order valence-corrected chi connectivity index (χ2v) is 8.00. The van der Waals surface area contributed by atoms with Gasteiger partial charge in [-0.25, -0.2) is 4.83 Å². The van der Waals surface area contributed by atoms with Crippen LogP contribution in [0.25, 0.3) is 11.1 Å². The minimum absolute atomic E-state index is 0.0666. The average molecular weight is 362 g/mol. The van der Waals surface area contributed by atoms with Crippen LogP contribution < -0.4 is 4.83 Å². The van der Waals surface area contributed by atoms with Gasteiger partial charge in [-0.15, -0.1) is 0 Å². The molecule has 3 aromatic carbocycles. The van der Waals surface area contributed by atoms with E-state index in [4.69, 9.17) is 0 Å². The molecule has 26 heavy (non-hydrogen) atoms. The van der Waals surface area contributed by atoms with E-state index in [1.807, 2.05) is 31.2 Å². The number of benzene rings is 3. The lowest BCUT2D eigenvalue weighted by Crippen LogP contribution is -2.19. The summed E-state index contributed by atoms with van der Waals surface area (Å²) in [6.07, 6.45) is 1.66. The van der Waals surface area contributed by atoms with Crippen molar-refractivity contribution in [1.82, 2.24) is 4.83 Å². The van der Waals surface area contributed by atoms with E-state index in [1.165, 1.54) is 11.1 Å². The van der Waals surface area contributed by atoms with Gasteiger partial charge in [0.1, 0.15) is 0 Å². The number of hydrogen-bond acceptors (Lipinski definition) is 3. The molecular formula is C21H18N2O2S. The number of rotatable bonds is 4. The van der Waals surface area contributed by atoms with Gasteiger partial charge >= 0.3 is 0 Å². The number of nitrogens with one attached hydrogen (secondary N) is 1. The molecule has 130 valence electrons. The van der Waals surface area contributed by atoms with E-state index in [2.05, 4.69) is 34.2 Å². The molecule has 4 nitrogen and oxygen atoms in total. The number of fused-ring (bicyclic) bond motifs is 3. The Balaban J connectivity index is 1.62. The molecule has 0 spiro atoms. The Kier molecular flexibility index (Phi) is 4.09. The maximum Gasteiger partial charge on any atom is 0.276 e. The summed E-state index contributed by atoms with van der Waals surface area (Å²) in [6.45, 7) is 1.91. The molecule has 1 N–H and O–H groups in total. The highest BCUT2D eigenvalue weighted by molar-refractivity contribution is 7.89. The molecule has 0 aliphatic heterocycles. The fourth-order valence-corrected chi connectivity index (χ4v) is 4.10. The zero-order valence-corrected chi connectivity index (χ0v) is 15.1. The summed E-state index contributed by atoms with van der Waals surface area (Å²) in [5.74, 6) is -0.0666. The van der Waals surface area contributed by atoms with Crippen molar-refractivity contribution in [2.75, 3.05) is 0 Å². The van der Waals surface area contributed by atoms with Crippen LogP contribution in [0.2, 0.25) is 0 Å². The van der Waals surface area contributed by atoms with Gasteiger partial charge in [-0.3, -0.25) is 0 Å². The summed E-state index contributed by atoms with van der Waals surface area (Å²) in [5, 5.41) is 4.06. The fourth-order valence-electron chi connectivity index (χ4n) is 3.30. The summed E-state index contributed by atoms with van der Waals surface area (Å²) < 4.78 is 24.8. The highest BCUT2D eigenvalue weighted by atomic mass is 32.2. The second kappa shape index (κ2) is 6.42. The van der Waals surface area contributed by atoms with E-state index in [-0.39, 0.29) is 10.8 Å². The second-order valence-electron chi connectivity index (χ2n) is 6.34. The van der Waals surface area contributed by atoms with Gasteiger partial charge in [0.2, 0.25) is 0 Å². The maximum absolute atomic E-state index is 12.4. The van der Waals surface area contributed by atoms with Gasteiger partial charge in [0.15, 0.2) is 0 Å². The van der Waals surface area contributed by atoms with Crippen LogP contribution in [0.3, 0.4) is 0 Å². The smallest absolute Gasteiger partial charge is 0.200 e. The summed E-state index contributed by atoms with van der Waals surface area (Å²) in [7, 11) is -3.67. The van der Waals surface area contributed by atoms with Crippen LogP contribution in [0.5, 0.6) is 0 Å². The molecule has 1 aliphatic carbocycles. The average Bonchev–Trinajstić information content (AvgIpc) is 2.97. The number of hydrogen-bond donors (Lipinski definition) is 1. The SMILES string of the molecule is Cc1ccc(S(=O)(=O)N/N=C\C2c3ccccc3-c3ccccc32)cc1. The predicted octanol–water partition coefficient (Wildman–Crippen LogP) is 4.07. The topological polar surface area (TPSA) is 58.5 Å². The first kappa shape index (κ1) is 16.5. The molecule has 0 aromatic heterocycles. The number of aryl methyl sites for hydroxylation is 1. The molecule has 1 aliphatic rings. The molecule has 0 radical (unpaired) electrons. The van der Waals surface area contributed by atoms with E-state index >= 15 is 0 Å². The van der Waals surface area contributed by atoms with Crippen molar-refractivity contribution in [3.8, 4) is 11.1 Å². The summed E-state index contributed by atoms with van der Waals surface area (Å²) >= 11 is 0. The Hall–Kier alpha value is -2.92. The lowest BCUT2D eigenvalue weighted by atomic mass is 9.99. The fraction of sp³-hybridized carbons (Fsp3) is 0.0952. The molecule has 0 atom stereocenters. The first-order valence-corrected chi connectivity index (χ1v) is 9.84.